The molecular formula is C67H101N19O18S. The Morgan fingerprint density at radius 2 is 1.30 bits per heavy atom. The van der Waals surface area contributed by atoms with Crippen molar-refractivity contribution in [2.45, 2.75) is 183 Å². The van der Waals surface area contributed by atoms with Crippen molar-refractivity contribution in [3.8, 4) is 17.2 Å². The van der Waals surface area contributed by atoms with E-state index in [1.54, 1.807) is 13.8 Å². The van der Waals surface area contributed by atoms with Gasteiger partial charge in [0.1, 0.15) is 22.8 Å². The van der Waals surface area contributed by atoms with Gasteiger partial charge in [0.25, 0.3) is 0 Å². The number of fused-ring (bicyclic) bond motifs is 3. The lowest BCUT2D eigenvalue weighted by atomic mass is 9.71. The summed E-state index contributed by atoms with van der Waals surface area (Å²) in [6, 6.07) is 1.03. The minimum Gasteiger partial charge on any atom is -0.507 e. The molecule has 2 aliphatic carbocycles. The number of likely N-dealkylation sites (tertiary alicyclic amines) is 1. The van der Waals surface area contributed by atoms with Crippen molar-refractivity contribution in [1.82, 2.24) is 21.0 Å². The topological polar surface area (TPSA) is 661 Å². The number of carbonyl (C=O) groups excluding carboxylic acids is 10. The van der Waals surface area contributed by atoms with E-state index < -0.39 is 191 Å². The summed E-state index contributed by atoms with van der Waals surface area (Å²) in [5.41, 5.74) is 53.9. The number of primary amides is 1. The number of hydrogen-bond acceptors (Lipinski definition) is 25. The van der Waals surface area contributed by atoms with Crippen LogP contribution in [0.15, 0.2) is 43.3 Å². The van der Waals surface area contributed by atoms with Crippen molar-refractivity contribution < 1.29 is 87.7 Å². The number of ether oxygens (including phenoxy) is 3. The van der Waals surface area contributed by atoms with Crippen LogP contribution in [0.1, 0.15) is 172 Å². The van der Waals surface area contributed by atoms with Gasteiger partial charge in [-0.1, -0.05) is 25.5 Å². The number of hydrogen-bond donors (Lipinski definition) is 18. The summed E-state index contributed by atoms with van der Waals surface area (Å²) >= 11 is 0.946. The normalized spacial score (nSPS) is 21.2. The number of nitrogens with zero attached hydrogens (tertiary/aromatic N) is 6. The average Bonchev–Trinajstić information content (AvgIpc) is 1.03. The van der Waals surface area contributed by atoms with E-state index in [4.69, 9.17) is 71.5 Å². The van der Waals surface area contributed by atoms with Gasteiger partial charge in [0.2, 0.25) is 41.2 Å². The second kappa shape index (κ2) is 39.5. The molecule has 2 aromatic rings. The molecule has 0 spiro atoms. The fraction of sp³-hybridized carbons (Fsp3) is 0.597. The molecule has 0 aromatic heterocycles. The molecule has 0 saturated carbocycles. The van der Waals surface area contributed by atoms with E-state index in [1.807, 2.05) is 0 Å². The van der Waals surface area contributed by atoms with E-state index in [2.05, 4.69) is 41.1 Å². The molecule has 0 bridgehead atoms. The first kappa shape index (κ1) is 84.3. The lowest BCUT2D eigenvalue weighted by Crippen LogP contribution is -2.53. The first-order valence-electron chi connectivity index (χ1n) is 34.7. The van der Waals surface area contributed by atoms with Gasteiger partial charge in [0, 0.05) is 118 Å². The van der Waals surface area contributed by atoms with Crippen molar-refractivity contribution in [3.05, 3.63) is 51.6 Å². The number of Topliss-reactive ketones (excluding diaryl/α,β-unsaturated/α-hetero) is 2. The number of guanidine groups is 4. The molecule has 38 heteroatoms. The number of benzene rings is 2. The molecule has 4 aliphatic rings. The molecule has 28 N–H and O–H groups in total. The molecule has 6 amide bonds. The van der Waals surface area contributed by atoms with E-state index in [0.717, 1.165) is 16.7 Å². The Morgan fingerprint density at radius 1 is 0.733 bits per heavy atom. The van der Waals surface area contributed by atoms with Crippen LogP contribution in [0.2, 0.25) is 0 Å². The van der Waals surface area contributed by atoms with Crippen LogP contribution < -0.4 is 78.1 Å². The highest BCUT2D eigenvalue weighted by atomic mass is 32.2. The molecule has 2 heterocycles. The number of carbonyl (C=O) groups is 10. The first-order valence-corrected chi connectivity index (χ1v) is 35.7. The zero-order valence-electron chi connectivity index (χ0n) is 59.2. The van der Waals surface area contributed by atoms with Gasteiger partial charge in [-0.05, 0) is 77.2 Å². The van der Waals surface area contributed by atoms with Crippen molar-refractivity contribution >= 4 is 99.9 Å². The monoisotopic (exact) mass is 1490 g/mol. The number of phenolic OH excluding ortho intramolecular Hbond substituents is 2. The number of imide groups is 1. The van der Waals surface area contributed by atoms with Crippen LogP contribution in [0.5, 0.6) is 17.2 Å². The number of nitrogens with one attached hydrogen (secondary N) is 3. The maximum absolute atomic E-state index is 14.4. The van der Waals surface area contributed by atoms with Crippen LogP contribution in [-0.4, -0.2) is 218 Å². The number of aliphatic imine (C=N–C) groups is 4. The molecule has 2 unspecified atom stereocenters. The summed E-state index contributed by atoms with van der Waals surface area (Å²) in [7, 11) is 1.29. The molecule has 2 saturated heterocycles. The number of aliphatic hydroxyl groups is 3. The lowest BCUT2D eigenvalue weighted by Gasteiger charge is -2.43. The van der Waals surface area contributed by atoms with Crippen LogP contribution in [0, 0.1) is 17.8 Å². The summed E-state index contributed by atoms with van der Waals surface area (Å²) in [6.45, 7) is 2.72. The van der Waals surface area contributed by atoms with Gasteiger partial charge in [-0.2, -0.15) is 5.10 Å². The predicted octanol–water partition coefficient (Wildman–Crippen LogP) is -3.22. The van der Waals surface area contributed by atoms with Crippen molar-refractivity contribution in [1.29, 1.82) is 0 Å². The standard InChI is InChI=1S/C67H101N19O18S/c1-32(12-8-19-78-63(70)71)60(98)82-39(15-10-21-80-65(74)75)41(88)24-34(13-9-20-79-64(72)73)61(99)83-40(16-11-22-81-66(76)77)42(89)25-35(59(69)97)31-105-45-27-48(91)86(62(45)100)23-6-4-5-18-47(90)85-84-46(30-87)67(101)28-37-51(44(29-67)104-49-26-38(68)54(92)33(2)103-49)58(96)53-52(56(37)94)55(93)36-14-7-17-43(102-3)50(36)57(53)95/h7,14,17,32-35,38-40,44-45,49,54,87,92,94,96,101H,4-6,8-13,15-16,18-31,68H2,1-3H3,(H2,69,97)(H,82,98)(H,83,99)(H,85,90)(H4,70,71,78)(H4,72,73,79)(H4,74,75,80)(H4,76,77,81)/b84-46+/t32-,33+,34+,35-,38+,39-,40-,44+,45?,49?,54-,67+/m1/s1. The van der Waals surface area contributed by atoms with Gasteiger partial charge in [0.15, 0.2) is 47.5 Å². The van der Waals surface area contributed by atoms with Gasteiger partial charge < -0.3 is 108 Å². The van der Waals surface area contributed by atoms with Gasteiger partial charge >= 0.3 is 0 Å². The van der Waals surface area contributed by atoms with E-state index in [0.29, 0.717) is 19.3 Å². The summed E-state index contributed by atoms with van der Waals surface area (Å²) in [5.74, 6) is -12.0. The number of aromatic hydroxyl groups is 2. The molecular weight excluding hydrogens is 1390 g/mol. The summed E-state index contributed by atoms with van der Waals surface area (Å²) < 4.78 is 17.6. The van der Waals surface area contributed by atoms with Gasteiger partial charge in [0.05, 0.1) is 77.7 Å². The number of methoxy groups -OCH3 is 1. The van der Waals surface area contributed by atoms with Gasteiger partial charge in [-0.3, -0.25) is 72.8 Å². The smallest absolute Gasteiger partial charge is 0.242 e. The zero-order valence-corrected chi connectivity index (χ0v) is 60.0. The fourth-order valence-electron chi connectivity index (χ4n) is 12.9. The molecule has 2 fully saturated rings. The minimum atomic E-state index is -2.29. The van der Waals surface area contributed by atoms with Crippen molar-refractivity contribution in [3.63, 3.8) is 0 Å². The van der Waals surface area contributed by atoms with Gasteiger partial charge in [-0.25, -0.2) is 5.43 Å². The van der Waals surface area contributed by atoms with E-state index in [1.165, 1.54) is 25.3 Å². The second-order valence-corrected chi connectivity index (χ2v) is 27.7. The number of phenols is 2. The summed E-state index contributed by atoms with van der Waals surface area (Å²) in [6.07, 6.45) is -4.91. The Hall–Kier alpha value is -9.60. The van der Waals surface area contributed by atoms with E-state index >= 15 is 0 Å². The zero-order chi connectivity index (χ0) is 77.6. The minimum absolute atomic E-state index is 0.0282. The molecule has 37 nitrogen and oxygen atoms in total. The largest absolute Gasteiger partial charge is 0.507 e. The number of rotatable bonds is 42. The Bertz CT molecular complexity index is 3660. The highest BCUT2D eigenvalue weighted by Gasteiger charge is 2.50. The number of amides is 6. The van der Waals surface area contributed by atoms with E-state index in [-0.39, 0.29) is 161 Å². The maximum Gasteiger partial charge on any atom is 0.242 e. The highest BCUT2D eigenvalue weighted by molar-refractivity contribution is 8.00. The van der Waals surface area contributed by atoms with Crippen LogP contribution in [0.3, 0.4) is 0 Å². The number of thioether (sulfide) groups is 1. The first-order chi connectivity index (χ1) is 49.7. The SMILES string of the molecule is COc1cccc2c1C(=O)c1c(O)c3c(c(O)c1C2=O)C[C@@](O)(/C(CO)=N/NC(=O)CCCCCN1C(=O)CC(SC[C@@H](CC(=O)[C@@H](CCCN=C(N)N)NC(=O)[C@@H](CCCN=C(N)N)CC(=O)[C@@H](CCCN=C(N)N)NC(=O)[C@H](C)CCCN=C(N)N)C(N)=O)C1=O)C[C@@H]3OC1C[C@H](N)[C@H](O)[C@H](C)O1. The quantitative estimate of drug-likeness (QED) is 0.00663. The third-order valence-corrected chi connectivity index (χ3v) is 20.0. The Balaban J connectivity index is 1.07. The summed E-state index contributed by atoms with van der Waals surface area (Å²) in [5, 5.41) is 66.4. The van der Waals surface area contributed by atoms with Crippen LogP contribution >= 0.6 is 11.8 Å². The van der Waals surface area contributed by atoms with Crippen LogP contribution in [0.25, 0.3) is 0 Å². The number of ketones is 4. The lowest BCUT2D eigenvalue weighted by molar-refractivity contribution is -0.245. The maximum atomic E-state index is 14.4. The van der Waals surface area contributed by atoms with Gasteiger partial charge in [-0.15, -0.1) is 11.8 Å². The third kappa shape index (κ3) is 23.2. The molecule has 2 aromatic carbocycles. The summed E-state index contributed by atoms with van der Waals surface area (Å²) in [4.78, 5) is 155. The Kier molecular flexibility index (Phi) is 31.7. The predicted molar refractivity (Wildman–Crippen MR) is 386 cm³/mol. The third-order valence-electron chi connectivity index (χ3n) is 18.6. The Morgan fingerprint density at radius 3 is 1.86 bits per heavy atom. The highest BCUT2D eigenvalue weighted by Crippen LogP contribution is 2.53. The number of nitrogens with two attached hydrogens (primary N) is 10. The molecule has 12 atom stereocenters. The molecule has 578 valence electrons. The number of aliphatic hydroxyl groups excluding tert-OH is 2. The molecule has 2 aliphatic heterocycles. The average molecular weight is 1490 g/mol. The van der Waals surface area contributed by atoms with Crippen LogP contribution in [0.4, 0.5) is 0 Å². The van der Waals surface area contributed by atoms with Crippen LogP contribution in [-0.2, 0) is 54.3 Å². The molecule has 105 heavy (non-hydrogen) atoms. The van der Waals surface area contributed by atoms with Crippen molar-refractivity contribution in [2.75, 3.05) is 52.2 Å². The number of unbranched alkanes of at least 4 members (excludes halogenated alkanes) is 2. The van der Waals surface area contributed by atoms with Crippen molar-refractivity contribution in [2.24, 2.45) is 100 Å². The number of hydrazone groups is 1. The Labute approximate surface area is 610 Å². The molecule has 0 radical (unpaired) electrons. The van der Waals surface area contributed by atoms with E-state index in [9.17, 15) is 73.5 Å². The molecule has 6 rings (SSSR count). The second-order valence-electron chi connectivity index (χ2n) is 26.5. The fourth-order valence-corrected chi connectivity index (χ4v) is 14.2.